The fourth-order valence-corrected chi connectivity index (χ4v) is 4.65. The summed E-state index contributed by atoms with van der Waals surface area (Å²) in [5.41, 5.74) is 2.25. The summed E-state index contributed by atoms with van der Waals surface area (Å²) in [5.74, 6) is 1.66. The highest BCUT2D eigenvalue weighted by Crippen LogP contribution is 2.41. The summed E-state index contributed by atoms with van der Waals surface area (Å²) < 4.78 is 6.04. The Balaban J connectivity index is 1.32. The number of ether oxygens (including phenoxy) is 1. The van der Waals surface area contributed by atoms with Gasteiger partial charge < -0.3 is 9.64 Å². The average molecular weight is 408 g/mol. The molecule has 0 bridgehead atoms. The Morgan fingerprint density at radius 1 is 1.10 bits per heavy atom. The monoisotopic (exact) mass is 407 g/mol. The van der Waals surface area contributed by atoms with E-state index in [1.165, 1.54) is 5.56 Å². The number of rotatable bonds is 6. The van der Waals surface area contributed by atoms with Crippen molar-refractivity contribution < 1.29 is 9.53 Å². The van der Waals surface area contributed by atoms with E-state index in [-0.39, 0.29) is 11.3 Å². The lowest BCUT2D eigenvalue weighted by atomic mass is 9.77. The summed E-state index contributed by atoms with van der Waals surface area (Å²) in [6, 6.07) is 12.1. The van der Waals surface area contributed by atoms with Gasteiger partial charge in [-0.25, -0.2) is 0 Å². The normalized spacial score (nSPS) is 18.8. The first-order valence-electron chi connectivity index (χ1n) is 11.2. The van der Waals surface area contributed by atoms with E-state index in [0.29, 0.717) is 11.5 Å². The molecule has 4 rings (SSSR count). The molecule has 0 atom stereocenters. The number of nitrogens with zero attached hydrogens (tertiary/aromatic N) is 3. The first-order valence-corrected chi connectivity index (χ1v) is 11.2. The Morgan fingerprint density at radius 2 is 1.87 bits per heavy atom. The van der Waals surface area contributed by atoms with E-state index in [2.05, 4.69) is 48.0 Å². The SMILES string of the molecule is CC(C)COc1ccccc1CN1CCC2(CC1)CCN(C(=O)c1cccnc1)C2. The number of amides is 1. The van der Waals surface area contributed by atoms with Gasteiger partial charge in [0, 0.05) is 37.6 Å². The third-order valence-corrected chi connectivity index (χ3v) is 6.49. The quantitative estimate of drug-likeness (QED) is 0.718. The highest BCUT2D eigenvalue weighted by Gasteiger charge is 2.42. The molecule has 3 heterocycles. The minimum Gasteiger partial charge on any atom is -0.493 e. The smallest absolute Gasteiger partial charge is 0.255 e. The van der Waals surface area contributed by atoms with Crippen LogP contribution in [0.4, 0.5) is 0 Å². The summed E-state index contributed by atoms with van der Waals surface area (Å²) in [7, 11) is 0. The Morgan fingerprint density at radius 3 is 2.60 bits per heavy atom. The Bertz CT molecular complexity index is 844. The number of piperidine rings is 1. The van der Waals surface area contributed by atoms with E-state index in [1.807, 2.05) is 17.0 Å². The molecule has 1 aromatic carbocycles. The second-order valence-corrected chi connectivity index (χ2v) is 9.31. The molecular formula is C25H33N3O2. The molecule has 2 fully saturated rings. The zero-order chi connectivity index (χ0) is 21.0. The fourth-order valence-electron chi connectivity index (χ4n) is 4.65. The molecule has 0 N–H and O–H groups in total. The van der Waals surface area contributed by atoms with Crippen LogP contribution < -0.4 is 4.74 Å². The number of hydrogen-bond donors (Lipinski definition) is 0. The largest absolute Gasteiger partial charge is 0.493 e. The lowest BCUT2D eigenvalue weighted by Gasteiger charge is -2.39. The van der Waals surface area contributed by atoms with Gasteiger partial charge >= 0.3 is 0 Å². The van der Waals surface area contributed by atoms with Crippen molar-refractivity contribution in [2.24, 2.45) is 11.3 Å². The van der Waals surface area contributed by atoms with Crippen LogP contribution in [0.5, 0.6) is 5.75 Å². The van der Waals surface area contributed by atoms with Gasteiger partial charge in [-0.3, -0.25) is 14.7 Å². The topological polar surface area (TPSA) is 45.7 Å². The summed E-state index contributed by atoms with van der Waals surface area (Å²) in [6.07, 6.45) is 6.80. The summed E-state index contributed by atoms with van der Waals surface area (Å²) in [4.78, 5) is 21.4. The molecule has 1 aromatic heterocycles. The van der Waals surface area contributed by atoms with E-state index in [9.17, 15) is 4.79 Å². The Kier molecular flexibility index (Phi) is 6.38. The van der Waals surface area contributed by atoms with E-state index in [1.54, 1.807) is 12.4 Å². The lowest BCUT2D eigenvalue weighted by molar-refractivity contribution is 0.0712. The van der Waals surface area contributed by atoms with Crippen molar-refractivity contribution in [3.8, 4) is 5.75 Å². The maximum Gasteiger partial charge on any atom is 0.255 e. The van der Waals surface area contributed by atoms with Gasteiger partial charge in [0.25, 0.3) is 5.91 Å². The van der Waals surface area contributed by atoms with Crippen LogP contribution >= 0.6 is 0 Å². The van der Waals surface area contributed by atoms with Crippen molar-refractivity contribution in [2.45, 2.75) is 39.7 Å². The van der Waals surface area contributed by atoms with Crippen molar-refractivity contribution in [1.82, 2.24) is 14.8 Å². The predicted molar refractivity (Wildman–Crippen MR) is 118 cm³/mol. The van der Waals surface area contributed by atoms with Crippen LogP contribution in [0.2, 0.25) is 0 Å². The first-order chi connectivity index (χ1) is 14.5. The molecule has 0 radical (unpaired) electrons. The van der Waals surface area contributed by atoms with Gasteiger partial charge in [0.1, 0.15) is 5.75 Å². The molecule has 5 nitrogen and oxygen atoms in total. The third kappa shape index (κ3) is 4.84. The Labute approximate surface area is 180 Å². The molecule has 2 aliphatic rings. The summed E-state index contributed by atoms with van der Waals surface area (Å²) in [6.45, 7) is 9.93. The highest BCUT2D eigenvalue weighted by atomic mass is 16.5. The number of hydrogen-bond acceptors (Lipinski definition) is 4. The van der Waals surface area contributed by atoms with E-state index in [4.69, 9.17) is 4.74 Å². The van der Waals surface area contributed by atoms with E-state index >= 15 is 0 Å². The molecule has 2 aromatic rings. The second-order valence-electron chi connectivity index (χ2n) is 9.31. The summed E-state index contributed by atoms with van der Waals surface area (Å²) in [5, 5.41) is 0. The van der Waals surface area contributed by atoms with Gasteiger partial charge in [-0.15, -0.1) is 0 Å². The number of carbonyl (C=O) groups excluding carboxylic acids is 1. The second kappa shape index (κ2) is 9.17. The van der Waals surface area contributed by atoms with Crippen molar-refractivity contribution in [3.63, 3.8) is 0 Å². The van der Waals surface area contributed by atoms with Gasteiger partial charge in [0.2, 0.25) is 0 Å². The van der Waals surface area contributed by atoms with Crippen LogP contribution in [0.25, 0.3) is 0 Å². The zero-order valence-electron chi connectivity index (χ0n) is 18.2. The molecule has 1 amide bonds. The molecule has 5 heteroatoms. The Hall–Kier alpha value is -2.40. The third-order valence-electron chi connectivity index (χ3n) is 6.49. The number of para-hydroxylation sites is 1. The minimum absolute atomic E-state index is 0.124. The molecule has 30 heavy (non-hydrogen) atoms. The first kappa shape index (κ1) is 20.9. The molecule has 2 saturated heterocycles. The average Bonchev–Trinajstić information content (AvgIpc) is 3.18. The number of carbonyl (C=O) groups is 1. The van der Waals surface area contributed by atoms with Crippen LogP contribution in [0, 0.1) is 11.3 Å². The molecule has 0 saturated carbocycles. The molecule has 2 aliphatic heterocycles. The molecular weight excluding hydrogens is 374 g/mol. The number of pyridine rings is 1. The summed E-state index contributed by atoms with van der Waals surface area (Å²) >= 11 is 0. The van der Waals surface area contributed by atoms with Crippen molar-refractivity contribution in [1.29, 1.82) is 0 Å². The zero-order valence-corrected chi connectivity index (χ0v) is 18.2. The maximum atomic E-state index is 12.8. The van der Waals surface area contributed by atoms with Crippen LogP contribution in [-0.2, 0) is 6.54 Å². The standard InChI is InChI=1S/C25H33N3O2/c1-20(2)18-30-23-8-4-3-6-22(23)17-27-13-9-25(10-14-27)11-15-28(19-25)24(29)21-7-5-12-26-16-21/h3-8,12,16,20H,9-11,13-15,17-19H2,1-2H3. The molecule has 0 aliphatic carbocycles. The van der Waals surface area contributed by atoms with Gasteiger partial charge in [0.15, 0.2) is 0 Å². The fraction of sp³-hybridized carbons (Fsp3) is 0.520. The number of aromatic nitrogens is 1. The van der Waals surface area contributed by atoms with Crippen LogP contribution in [0.1, 0.15) is 49.0 Å². The molecule has 0 unspecified atom stereocenters. The van der Waals surface area contributed by atoms with Crippen molar-refractivity contribution >= 4 is 5.91 Å². The maximum absolute atomic E-state index is 12.8. The van der Waals surface area contributed by atoms with Crippen molar-refractivity contribution in [3.05, 3.63) is 59.9 Å². The van der Waals surface area contributed by atoms with E-state index < -0.39 is 0 Å². The van der Waals surface area contributed by atoms with Gasteiger partial charge in [0.05, 0.1) is 12.2 Å². The van der Waals surface area contributed by atoms with E-state index in [0.717, 1.165) is 64.3 Å². The van der Waals surface area contributed by atoms with Gasteiger partial charge in [-0.2, -0.15) is 0 Å². The lowest BCUT2D eigenvalue weighted by Crippen LogP contribution is -2.42. The van der Waals surface area contributed by atoms with Crippen LogP contribution in [-0.4, -0.2) is 53.5 Å². The predicted octanol–water partition coefficient (Wildman–Crippen LogP) is 4.24. The van der Waals surface area contributed by atoms with Crippen LogP contribution in [0.3, 0.4) is 0 Å². The highest BCUT2D eigenvalue weighted by molar-refractivity contribution is 5.94. The van der Waals surface area contributed by atoms with Crippen molar-refractivity contribution in [2.75, 3.05) is 32.8 Å². The van der Waals surface area contributed by atoms with Gasteiger partial charge in [-0.05, 0) is 61.9 Å². The van der Waals surface area contributed by atoms with Gasteiger partial charge in [-0.1, -0.05) is 32.0 Å². The minimum atomic E-state index is 0.124. The molecule has 1 spiro atoms. The number of likely N-dealkylation sites (tertiary alicyclic amines) is 2. The molecule has 160 valence electrons. The van der Waals surface area contributed by atoms with Crippen LogP contribution in [0.15, 0.2) is 48.8 Å². The number of benzene rings is 1.